The van der Waals surface area contributed by atoms with Gasteiger partial charge in [0.1, 0.15) is 5.60 Å². The Hall–Kier alpha value is -1.79. The second-order valence-corrected chi connectivity index (χ2v) is 5.27. The van der Waals surface area contributed by atoms with Gasteiger partial charge in [0.25, 0.3) is 0 Å². The largest absolute Gasteiger partial charge is 0.481 e. The Morgan fingerprint density at radius 3 is 1.72 bits per heavy atom. The molecule has 1 saturated heterocycles. The van der Waals surface area contributed by atoms with E-state index < -0.39 is 35.5 Å². The second-order valence-electron chi connectivity index (χ2n) is 5.27. The van der Waals surface area contributed by atoms with Crippen molar-refractivity contribution in [1.82, 2.24) is 4.90 Å². The van der Waals surface area contributed by atoms with Crippen molar-refractivity contribution in [3.63, 3.8) is 0 Å². The minimum atomic E-state index is -1.21. The van der Waals surface area contributed by atoms with Crippen molar-refractivity contribution < 1.29 is 29.3 Å². The van der Waals surface area contributed by atoms with E-state index in [9.17, 15) is 14.4 Å². The first-order chi connectivity index (χ1) is 8.11. The summed E-state index contributed by atoms with van der Waals surface area (Å²) in [5.41, 5.74) is -0.697. The van der Waals surface area contributed by atoms with Gasteiger partial charge in [0.05, 0.1) is 11.8 Å². The molecule has 1 aliphatic rings. The quantitative estimate of drug-likeness (QED) is 0.754. The number of likely N-dealkylation sites (tertiary alicyclic amines) is 1. The molecular weight excluding hydrogens is 242 g/mol. The van der Waals surface area contributed by atoms with Crippen molar-refractivity contribution in [1.29, 1.82) is 0 Å². The monoisotopic (exact) mass is 259 g/mol. The van der Waals surface area contributed by atoms with Crippen LogP contribution in [0, 0.1) is 11.8 Å². The lowest BCUT2D eigenvalue weighted by Crippen LogP contribution is -2.36. The zero-order valence-electron chi connectivity index (χ0n) is 10.5. The highest BCUT2D eigenvalue weighted by Crippen LogP contribution is 2.25. The van der Waals surface area contributed by atoms with E-state index in [-0.39, 0.29) is 13.1 Å². The molecule has 2 atom stereocenters. The number of hydrogen-bond acceptors (Lipinski definition) is 4. The first kappa shape index (κ1) is 14.3. The van der Waals surface area contributed by atoms with Crippen LogP contribution in [0.25, 0.3) is 0 Å². The van der Waals surface area contributed by atoms with Crippen molar-refractivity contribution >= 4 is 18.0 Å². The molecule has 0 aliphatic carbocycles. The molecule has 7 nitrogen and oxygen atoms in total. The molecule has 7 heteroatoms. The number of ether oxygens (including phenoxy) is 1. The topological polar surface area (TPSA) is 104 Å². The predicted molar refractivity (Wildman–Crippen MR) is 60.1 cm³/mol. The molecule has 0 aromatic carbocycles. The van der Waals surface area contributed by atoms with E-state index in [1.807, 2.05) is 0 Å². The average molecular weight is 259 g/mol. The highest BCUT2D eigenvalue weighted by atomic mass is 16.6. The fourth-order valence-electron chi connectivity index (χ4n) is 1.78. The number of nitrogens with zero attached hydrogens (tertiary/aromatic N) is 1. The minimum absolute atomic E-state index is 0.138. The minimum Gasteiger partial charge on any atom is -0.481 e. The highest BCUT2D eigenvalue weighted by Gasteiger charge is 2.44. The Labute approximate surface area is 104 Å². The summed E-state index contributed by atoms with van der Waals surface area (Å²) in [6.07, 6.45) is -0.683. The van der Waals surface area contributed by atoms with Gasteiger partial charge in [-0.2, -0.15) is 0 Å². The van der Waals surface area contributed by atoms with Crippen LogP contribution in [0.3, 0.4) is 0 Å². The van der Waals surface area contributed by atoms with Crippen LogP contribution in [0.2, 0.25) is 0 Å². The summed E-state index contributed by atoms with van der Waals surface area (Å²) in [5.74, 6) is -4.60. The lowest BCUT2D eigenvalue weighted by Gasteiger charge is -2.24. The van der Waals surface area contributed by atoms with Crippen molar-refractivity contribution in [2.24, 2.45) is 11.8 Å². The first-order valence-corrected chi connectivity index (χ1v) is 5.55. The molecule has 0 radical (unpaired) electrons. The van der Waals surface area contributed by atoms with Gasteiger partial charge in [-0.15, -0.1) is 0 Å². The van der Waals surface area contributed by atoms with Crippen molar-refractivity contribution in [2.75, 3.05) is 13.1 Å². The summed E-state index contributed by atoms with van der Waals surface area (Å²) < 4.78 is 5.08. The van der Waals surface area contributed by atoms with Gasteiger partial charge in [-0.25, -0.2) is 4.79 Å². The first-order valence-electron chi connectivity index (χ1n) is 5.55. The van der Waals surface area contributed by atoms with Crippen molar-refractivity contribution in [3.8, 4) is 0 Å². The van der Waals surface area contributed by atoms with Crippen LogP contribution in [0.4, 0.5) is 4.79 Å². The van der Waals surface area contributed by atoms with Gasteiger partial charge in [-0.3, -0.25) is 9.59 Å². The van der Waals surface area contributed by atoms with Gasteiger partial charge < -0.3 is 19.8 Å². The van der Waals surface area contributed by atoms with Gasteiger partial charge in [-0.1, -0.05) is 0 Å². The van der Waals surface area contributed by atoms with Crippen LogP contribution >= 0.6 is 0 Å². The third kappa shape index (κ3) is 3.35. The van der Waals surface area contributed by atoms with Crippen LogP contribution < -0.4 is 0 Å². The van der Waals surface area contributed by atoms with Crippen LogP contribution in [0.1, 0.15) is 20.8 Å². The van der Waals surface area contributed by atoms with E-state index in [1.54, 1.807) is 20.8 Å². The number of carbonyl (C=O) groups is 3. The van der Waals surface area contributed by atoms with Crippen LogP contribution in [0.5, 0.6) is 0 Å². The summed E-state index contributed by atoms with van der Waals surface area (Å²) in [4.78, 5) is 34.7. The number of hydrogen-bond donors (Lipinski definition) is 2. The third-order valence-electron chi connectivity index (χ3n) is 2.61. The zero-order valence-corrected chi connectivity index (χ0v) is 10.5. The summed E-state index contributed by atoms with van der Waals surface area (Å²) in [6, 6.07) is 0. The molecule has 2 N–H and O–H groups in total. The number of rotatable bonds is 2. The summed E-state index contributed by atoms with van der Waals surface area (Å²) in [7, 11) is 0. The highest BCUT2D eigenvalue weighted by molar-refractivity contribution is 5.83. The van der Waals surface area contributed by atoms with Gasteiger partial charge >= 0.3 is 18.0 Å². The molecule has 1 amide bonds. The summed E-state index contributed by atoms with van der Waals surface area (Å²) >= 11 is 0. The lowest BCUT2D eigenvalue weighted by molar-refractivity contribution is -0.151. The molecule has 0 aromatic heterocycles. The maximum absolute atomic E-state index is 11.7. The fourth-order valence-corrected chi connectivity index (χ4v) is 1.78. The number of carboxylic acids is 2. The molecule has 0 aromatic rings. The Bertz CT molecular complexity index is 350. The molecule has 18 heavy (non-hydrogen) atoms. The van der Waals surface area contributed by atoms with E-state index in [2.05, 4.69) is 0 Å². The molecule has 1 rings (SSSR count). The van der Waals surface area contributed by atoms with Gasteiger partial charge in [0, 0.05) is 13.1 Å². The summed E-state index contributed by atoms with van der Waals surface area (Å²) in [6.45, 7) is 4.78. The molecule has 0 spiro atoms. The Morgan fingerprint density at radius 2 is 1.44 bits per heavy atom. The van der Waals surface area contributed by atoms with Crippen LogP contribution in [0.15, 0.2) is 0 Å². The smallest absolute Gasteiger partial charge is 0.410 e. The predicted octanol–water partition coefficient (Wildman–Crippen LogP) is 0.639. The van der Waals surface area contributed by atoms with Gasteiger partial charge in [0.2, 0.25) is 0 Å². The molecular formula is C11H17NO6. The van der Waals surface area contributed by atoms with E-state index >= 15 is 0 Å². The third-order valence-corrected chi connectivity index (χ3v) is 2.61. The maximum atomic E-state index is 11.7. The van der Waals surface area contributed by atoms with Crippen molar-refractivity contribution in [3.05, 3.63) is 0 Å². The fraction of sp³-hybridized carbons (Fsp3) is 0.727. The maximum Gasteiger partial charge on any atom is 0.410 e. The molecule has 1 heterocycles. The number of carbonyl (C=O) groups excluding carboxylic acids is 1. The zero-order chi connectivity index (χ0) is 14.1. The molecule has 1 aliphatic heterocycles. The Morgan fingerprint density at radius 1 is 1.06 bits per heavy atom. The molecule has 0 unspecified atom stereocenters. The number of aliphatic carboxylic acids is 2. The van der Waals surface area contributed by atoms with Crippen molar-refractivity contribution in [2.45, 2.75) is 26.4 Å². The standard InChI is InChI=1S/C11H17NO6/c1-11(2,3)18-10(17)12-4-6(8(13)14)7(5-12)9(15)16/h6-7H,4-5H2,1-3H3,(H,13,14)(H,15,16)/t6-,7-/m0/s1. The Kier molecular flexibility index (Phi) is 3.83. The normalized spacial score (nSPS) is 23.8. The lowest BCUT2D eigenvalue weighted by atomic mass is 9.97. The number of carboxylic acid groups (broad SMARTS) is 2. The second kappa shape index (κ2) is 4.83. The van der Waals surface area contributed by atoms with Crippen LogP contribution in [-0.4, -0.2) is 51.8 Å². The van der Waals surface area contributed by atoms with E-state index in [4.69, 9.17) is 14.9 Å². The SMILES string of the molecule is CC(C)(C)OC(=O)N1C[C@H](C(=O)O)[C@@H](C(=O)O)C1. The summed E-state index contributed by atoms with van der Waals surface area (Å²) in [5, 5.41) is 17.8. The molecule has 0 saturated carbocycles. The van der Waals surface area contributed by atoms with Gasteiger partial charge in [-0.05, 0) is 20.8 Å². The average Bonchev–Trinajstić information content (AvgIpc) is 2.58. The van der Waals surface area contributed by atoms with Crippen LogP contribution in [-0.2, 0) is 14.3 Å². The van der Waals surface area contributed by atoms with E-state index in [0.29, 0.717) is 0 Å². The van der Waals surface area contributed by atoms with E-state index in [0.717, 1.165) is 4.90 Å². The molecule has 0 bridgehead atoms. The Balaban J connectivity index is 2.75. The number of amides is 1. The van der Waals surface area contributed by atoms with E-state index in [1.165, 1.54) is 0 Å². The molecule has 102 valence electrons. The van der Waals surface area contributed by atoms with Gasteiger partial charge in [0.15, 0.2) is 0 Å². The molecule has 1 fully saturated rings.